The van der Waals surface area contributed by atoms with Gasteiger partial charge in [-0.3, -0.25) is 9.69 Å². The van der Waals surface area contributed by atoms with Gasteiger partial charge in [0.05, 0.1) is 11.6 Å². The maximum absolute atomic E-state index is 13.4. The summed E-state index contributed by atoms with van der Waals surface area (Å²) in [6.07, 6.45) is 0. The molecule has 2 rings (SSSR count). The molecule has 1 unspecified atom stereocenters. The van der Waals surface area contributed by atoms with Crippen molar-refractivity contribution >= 4 is 21.8 Å². The minimum absolute atomic E-state index is 0.0810. The lowest BCUT2D eigenvalue weighted by Gasteiger charge is -2.30. The number of nitrogens with one attached hydrogen (secondary N) is 1. The standard InChI is InChI=1S/C19H22BrFN2O/c1-3-23(4-2)18(14-8-6-5-7-9-14)13-22-19(24)16-12-15(21)10-11-17(16)20/h5-12,18H,3-4,13H2,1-2H3,(H,22,24). The molecule has 0 bridgehead atoms. The molecule has 0 aromatic heterocycles. The van der Waals surface area contributed by atoms with Gasteiger partial charge in [0.25, 0.3) is 5.91 Å². The first-order valence-corrected chi connectivity index (χ1v) is 8.88. The Balaban J connectivity index is 2.15. The number of hydrogen-bond donors (Lipinski definition) is 1. The van der Waals surface area contributed by atoms with Gasteiger partial charge in [0.1, 0.15) is 5.82 Å². The lowest BCUT2D eigenvalue weighted by Crippen LogP contribution is -2.38. The Kier molecular flexibility index (Phi) is 6.94. The van der Waals surface area contributed by atoms with Gasteiger partial charge < -0.3 is 5.32 Å². The summed E-state index contributed by atoms with van der Waals surface area (Å²) >= 11 is 3.30. The molecular weight excluding hydrogens is 371 g/mol. The SMILES string of the molecule is CCN(CC)C(CNC(=O)c1cc(F)ccc1Br)c1ccccc1. The third-order valence-electron chi connectivity index (χ3n) is 4.07. The monoisotopic (exact) mass is 392 g/mol. The number of amides is 1. The zero-order chi connectivity index (χ0) is 17.5. The smallest absolute Gasteiger partial charge is 0.252 e. The largest absolute Gasteiger partial charge is 0.350 e. The normalized spacial score (nSPS) is 12.2. The maximum atomic E-state index is 13.4. The van der Waals surface area contributed by atoms with E-state index in [4.69, 9.17) is 0 Å². The van der Waals surface area contributed by atoms with E-state index >= 15 is 0 Å². The molecule has 1 atom stereocenters. The molecule has 24 heavy (non-hydrogen) atoms. The Morgan fingerprint density at radius 3 is 2.46 bits per heavy atom. The van der Waals surface area contributed by atoms with Gasteiger partial charge in [-0.1, -0.05) is 44.2 Å². The molecule has 0 fully saturated rings. The van der Waals surface area contributed by atoms with E-state index in [1.54, 1.807) is 6.07 Å². The maximum Gasteiger partial charge on any atom is 0.252 e. The summed E-state index contributed by atoms with van der Waals surface area (Å²) in [7, 11) is 0. The van der Waals surface area contributed by atoms with Crippen LogP contribution in [0.15, 0.2) is 53.0 Å². The third-order valence-corrected chi connectivity index (χ3v) is 4.76. The van der Waals surface area contributed by atoms with Crippen LogP contribution in [0.4, 0.5) is 4.39 Å². The van der Waals surface area contributed by atoms with Gasteiger partial charge in [-0.15, -0.1) is 0 Å². The molecule has 0 aliphatic rings. The second kappa shape index (κ2) is 8.94. The van der Waals surface area contributed by atoms with Crippen LogP contribution in [0.1, 0.15) is 35.8 Å². The molecule has 5 heteroatoms. The van der Waals surface area contributed by atoms with Gasteiger partial charge in [0, 0.05) is 11.0 Å². The highest BCUT2D eigenvalue weighted by Gasteiger charge is 2.19. The summed E-state index contributed by atoms with van der Waals surface area (Å²) < 4.78 is 14.0. The van der Waals surface area contributed by atoms with Crippen molar-refractivity contribution in [2.75, 3.05) is 19.6 Å². The van der Waals surface area contributed by atoms with Crippen LogP contribution in [0.2, 0.25) is 0 Å². The van der Waals surface area contributed by atoms with Gasteiger partial charge in [-0.05, 0) is 52.8 Å². The first-order valence-electron chi connectivity index (χ1n) is 8.09. The van der Waals surface area contributed by atoms with Crippen molar-refractivity contribution in [1.29, 1.82) is 0 Å². The molecule has 0 aliphatic carbocycles. The summed E-state index contributed by atoms with van der Waals surface area (Å²) in [4.78, 5) is 14.7. The van der Waals surface area contributed by atoms with Gasteiger partial charge in [-0.2, -0.15) is 0 Å². The van der Waals surface area contributed by atoms with Crippen molar-refractivity contribution in [2.45, 2.75) is 19.9 Å². The van der Waals surface area contributed by atoms with Crippen molar-refractivity contribution in [3.05, 3.63) is 69.9 Å². The highest BCUT2D eigenvalue weighted by molar-refractivity contribution is 9.10. The summed E-state index contributed by atoms with van der Waals surface area (Å²) in [5, 5.41) is 2.94. The number of carbonyl (C=O) groups is 1. The van der Waals surface area contributed by atoms with E-state index in [0.29, 0.717) is 16.6 Å². The fourth-order valence-corrected chi connectivity index (χ4v) is 3.18. The summed E-state index contributed by atoms with van der Waals surface area (Å²) in [5.74, 6) is -0.707. The summed E-state index contributed by atoms with van der Waals surface area (Å²) in [5.41, 5.74) is 1.46. The molecule has 0 heterocycles. The van der Waals surface area contributed by atoms with Crippen LogP contribution in [-0.2, 0) is 0 Å². The van der Waals surface area contributed by atoms with E-state index in [2.05, 4.69) is 52.1 Å². The molecule has 128 valence electrons. The first kappa shape index (κ1) is 18.6. The average molecular weight is 393 g/mol. The van der Waals surface area contributed by atoms with Crippen molar-refractivity contribution in [3.8, 4) is 0 Å². The number of nitrogens with zero attached hydrogens (tertiary/aromatic N) is 1. The summed E-state index contributed by atoms with van der Waals surface area (Å²) in [6, 6.07) is 14.3. The Hall–Kier alpha value is -1.72. The van der Waals surface area contributed by atoms with Crippen LogP contribution in [0.5, 0.6) is 0 Å². The number of likely N-dealkylation sites (N-methyl/N-ethyl adjacent to an activating group) is 1. The predicted molar refractivity (Wildman–Crippen MR) is 98.5 cm³/mol. The molecule has 3 nitrogen and oxygen atoms in total. The highest BCUT2D eigenvalue weighted by atomic mass is 79.9. The van der Waals surface area contributed by atoms with Crippen LogP contribution >= 0.6 is 15.9 Å². The number of halogens is 2. The van der Waals surface area contributed by atoms with E-state index in [1.165, 1.54) is 12.1 Å². The molecule has 2 aromatic rings. The van der Waals surface area contributed by atoms with Gasteiger partial charge in [-0.25, -0.2) is 4.39 Å². The predicted octanol–water partition coefficient (Wildman–Crippen LogP) is 4.40. The fraction of sp³-hybridized carbons (Fsp3) is 0.316. The van der Waals surface area contributed by atoms with Crippen molar-refractivity contribution in [1.82, 2.24) is 10.2 Å². The van der Waals surface area contributed by atoms with E-state index in [1.807, 2.05) is 18.2 Å². The molecule has 2 aromatic carbocycles. The molecule has 1 N–H and O–H groups in total. The van der Waals surface area contributed by atoms with Gasteiger partial charge in [0.15, 0.2) is 0 Å². The Morgan fingerprint density at radius 2 is 1.83 bits per heavy atom. The minimum atomic E-state index is -0.424. The molecule has 0 radical (unpaired) electrons. The van der Waals surface area contributed by atoms with Crippen LogP contribution < -0.4 is 5.32 Å². The summed E-state index contributed by atoms with van der Waals surface area (Å²) in [6.45, 7) is 6.44. The number of hydrogen-bond acceptors (Lipinski definition) is 2. The van der Waals surface area contributed by atoms with Crippen molar-refractivity contribution < 1.29 is 9.18 Å². The lowest BCUT2D eigenvalue weighted by molar-refractivity contribution is 0.0933. The second-order valence-corrected chi connectivity index (χ2v) is 6.34. The third kappa shape index (κ3) is 4.65. The Bertz CT molecular complexity index is 674. The van der Waals surface area contributed by atoms with Crippen LogP contribution in [-0.4, -0.2) is 30.4 Å². The van der Waals surface area contributed by atoms with Crippen molar-refractivity contribution in [3.63, 3.8) is 0 Å². The lowest BCUT2D eigenvalue weighted by atomic mass is 10.0. The van der Waals surface area contributed by atoms with E-state index < -0.39 is 5.82 Å². The van der Waals surface area contributed by atoms with Gasteiger partial charge >= 0.3 is 0 Å². The Labute approximate surface area is 151 Å². The van der Waals surface area contributed by atoms with Gasteiger partial charge in [0.2, 0.25) is 0 Å². The zero-order valence-corrected chi connectivity index (χ0v) is 15.5. The first-order chi connectivity index (χ1) is 11.6. The fourth-order valence-electron chi connectivity index (χ4n) is 2.75. The van der Waals surface area contributed by atoms with Crippen LogP contribution in [0.3, 0.4) is 0 Å². The second-order valence-electron chi connectivity index (χ2n) is 5.48. The Morgan fingerprint density at radius 1 is 1.17 bits per heavy atom. The number of benzene rings is 2. The molecule has 0 aliphatic heterocycles. The number of rotatable bonds is 7. The molecule has 0 saturated carbocycles. The van der Waals surface area contributed by atoms with Crippen LogP contribution in [0, 0.1) is 5.82 Å². The van der Waals surface area contributed by atoms with E-state index in [0.717, 1.165) is 18.7 Å². The zero-order valence-electron chi connectivity index (χ0n) is 13.9. The highest BCUT2D eigenvalue weighted by Crippen LogP contribution is 2.21. The van der Waals surface area contributed by atoms with E-state index in [-0.39, 0.29) is 11.9 Å². The van der Waals surface area contributed by atoms with Crippen molar-refractivity contribution in [2.24, 2.45) is 0 Å². The molecule has 0 saturated heterocycles. The minimum Gasteiger partial charge on any atom is -0.350 e. The quantitative estimate of drug-likeness (QED) is 0.756. The van der Waals surface area contributed by atoms with Crippen LogP contribution in [0.25, 0.3) is 0 Å². The average Bonchev–Trinajstić information content (AvgIpc) is 2.61. The number of carbonyl (C=O) groups excluding carboxylic acids is 1. The topological polar surface area (TPSA) is 32.3 Å². The van der Waals surface area contributed by atoms with E-state index in [9.17, 15) is 9.18 Å². The molecule has 0 spiro atoms. The molecule has 1 amide bonds. The molecular formula is C19H22BrFN2O.